The molecular weight excluding hydrogens is 206 g/mol. The van der Waals surface area contributed by atoms with Crippen LogP contribution in [0, 0.1) is 12.3 Å². The van der Waals surface area contributed by atoms with Gasteiger partial charge in [-0.3, -0.25) is 5.32 Å². The van der Waals surface area contributed by atoms with Gasteiger partial charge in [-0.2, -0.15) is 0 Å². The highest BCUT2D eigenvalue weighted by Crippen LogP contribution is 2.10. The van der Waals surface area contributed by atoms with E-state index in [1.807, 2.05) is 24.3 Å². The van der Waals surface area contributed by atoms with Crippen molar-refractivity contribution in [1.82, 2.24) is 5.32 Å². The lowest BCUT2D eigenvalue weighted by Crippen LogP contribution is -2.26. The van der Waals surface area contributed by atoms with E-state index in [0.29, 0.717) is 0 Å². The van der Waals surface area contributed by atoms with Gasteiger partial charge >= 0.3 is 0 Å². The van der Waals surface area contributed by atoms with E-state index in [0.717, 1.165) is 24.4 Å². The molecule has 0 bridgehead atoms. The van der Waals surface area contributed by atoms with Crippen LogP contribution in [0.1, 0.15) is 25.3 Å². The van der Waals surface area contributed by atoms with Crippen molar-refractivity contribution in [2.45, 2.75) is 32.4 Å². The Balaban J connectivity index is 2.46. The van der Waals surface area contributed by atoms with Crippen LogP contribution in [-0.2, 0) is 6.54 Å². The summed E-state index contributed by atoms with van der Waals surface area (Å²) in [6.45, 7) is 2.90. The summed E-state index contributed by atoms with van der Waals surface area (Å²) in [5.74, 6) is 2.74. The molecule has 0 aromatic heterocycles. The molecule has 0 fully saturated rings. The minimum absolute atomic E-state index is 0.161. The van der Waals surface area contributed by atoms with Crippen LogP contribution in [-0.4, -0.2) is 6.04 Å². The summed E-state index contributed by atoms with van der Waals surface area (Å²) in [4.78, 5) is 0. The van der Waals surface area contributed by atoms with Gasteiger partial charge in [0.15, 0.2) is 0 Å². The topological polar surface area (TPSA) is 12.0 Å². The highest BCUT2D eigenvalue weighted by Gasteiger charge is 2.02. The van der Waals surface area contributed by atoms with Gasteiger partial charge in [-0.1, -0.05) is 43.0 Å². The van der Waals surface area contributed by atoms with Crippen LogP contribution in [0.4, 0.5) is 0 Å². The fraction of sp³-hybridized carbons (Fsp3) is 0.385. The van der Waals surface area contributed by atoms with Crippen LogP contribution in [0.25, 0.3) is 0 Å². The minimum atomic E-state index is 0.161. The molecule has 0 aliphatic carbocycles. The van der Waals surface area contributed by atoms with Crippen LogP contribution in [0.3, 0.4) is 0 Å². The molecule has 1 rings (SSSR count). The van der Waals surface area contributed by atoms with E-state index in [9.17, 15) is 0 Å². The van der Waals surface area contributed by atoms with Gasteiger partial charge in [0.25, 0.3) is 0 Å². The van der Waals surface area contributed by atoms with Crippen molar-refractivity contribution in [2.75, 3.05) is 0 Å². The zero-order valence-electron chi connectivity index (χ0n) is 8.96. The third kappa shape index (κ3) is 4.38. The molecule has 1 unspecified atom stereocenters. The molecule has 0 amide bonds. The predicted octanol–water partition coefficient (Wildman–Crippen LogP) is 3.23. The van der Waals surface area contributed by atoms with Crippen molar-refractivity contribution in [2.24, 2.45) is 0 Å². The van der Waals surface area contributed by atoms with Gasteiger partial charge in [0.05, 0.1) is 6.04 Å². The molecule has 0 spiro atoms. The summed E-state index contributed by atoms with van der Waals surface area (Å²) in [6, 6.07) is 7.97. The van der Waals surface area contributed by atoms with Gasteiger partial charge in [-0.25, -0.2) is 0 Å². The Bertz CT molecular complexity index is 341. The number of halogens is 1. The molecule has 0 saturated heterocycles. The predicted molar refractivity (Wildman–Crippen MR) is 65.8 cm³/mol. The van der Waals surface area contributed by atoms with Crippen LogP contribution in [0.15, 0.2) is 24.3 Å². The van der Waals surface area contributed by atoms with E-state index in [4.69, 9.17) is 18.0 Å². The Labute approximate surface area is 96.8 Å². The van der Waals surface area contributed by atoms with Crippen LogP contribution < -0.4 is 5.32 Å². The molecule has 1 aromatic rings. The molecule has 1 nitrogen and oxygen atoms in total. The highest BCUT2D eigenvalue weighted by molar-refractivity contribution is 6.30. The van der Waals surface area contributed by atoms with Gasteiger partial charge in [-0.15, -0.1) is 6.42 Å². The number of rotatable bonds is 5. The van der Waals surface area contributed by atoms with E-state index in [2.05, 4.69) is 18.2 Å². The fourth-order valence-electron chi connectivity index (χ4n) is 1.42. The average molecular weight is 222 g/mol. The zero-order valence-corrected chi connectivity index (χ0v) is 9.72. The summed E-state index contributed by atoms with van der Waals surface area (Å²) in [5.41, 5.74) is 1.17. The van der Waals surface area contributed by atoms with Crippen LogP contribution in [0.2, 0.25) is 5.02 Å². The number of terminal acetylenes is 1. The van der Waals surface area contributed by atoms with E-state index < -0.39 is 0 Å². The quantitative estimate of drug-likeness (QED) is 0.753. The Hall–Kier alpha value is -0.970. The normalized spacial score (nSPS) is 12.1. The maximum atomic E-state index is 5.89. The molecule has 15 heavy (non-hydrogen) atoms. The smallest absolute Gasteiger partial charge is 0.0689 e. The van der Waals surface area contributed by atoms with Gasteiger partial charge in [0.1, 0.15) is 0 Å². The third-order valence-electron chi connectivity index (χ3n) is 2.22. The molecule has 0 aliphatic rings. The number of nitrogens with one attached hydrogen (secondary N) is 1. The molecule has 1 aromatic carbocycles. The molecule has 0 heterocycles. The second-order valence-electron chi connectivity index (χ2n) is 3.52. The molecule has 0 saturated carbocycles. The lowest BCUT2D eigenvalue weighted by molar-refractivity contribution is 0.563. The lowest BCUT2D eigenvalue weighted by Gasteiger charge is -2.11. The van der Waals surface area contributed by atoms with Crippen molar-refractivity contribution in [3.05, 3.63) is 34.9 Å². The molecule has 2 heteroatoms. The van der Waals surface area contributed by atoms with Gasteiger partial charge in [0, 0.05) is 11.6 Å². The first-order valence-corrected chi connectivity index (χ1v) is 5.58. The van der Waals surface area contributed by atoms with Crippen molar-refractivity contribution in [1.29, 1.82) is 0 Å². The van der Waals surface area contributed by atoms with E-state index in [1.54, 1.807) is 0 Å². The monoisotopic (exact) mass is 221 g/mol. The zero-order chi connectivity index (χ0) is 11.1. The molecule has 0 aliphatic heterocycles. The summed E-state index contributed by atoms with van der Waals surface area (Å²) in [7, 11) is 0. The van der Waals surface area contributed by atoms with Gasteiger partial charge < -0.3 is 0 Å². The van der Waals surface area contributed by atoms with Gasteiger partial charge in [-0.05, 0) is 24.1 Å². The van der Waals surface area contributed by atoms with Crippen molar-refractivity contribution in [3.8, 4) is 12.3 Å². The minimum Gasteiger partial charge on any atom is -0.300 e. The molecule has 1 N–H and O–H groups in total. The summed E-state index contributed by atoms with van der Waals surface area (Å²) in [6.07, 6.45) is 7.52. The first-order chi connectivity index (χ1) is 7.26. The van der Waals surface area contributed by atoms with Crippen LogP contribution >= 0.6 is 11.6 Å². The Morgan fingerprint density at radius 1 is 1.53 bits per heavy atom. The lowest BCUT2D eigenvalue weighted by atomic mass is 10.1. The first kappa shape index (κ1) is 12.1. The summed E-state index contributed by atoms with van der Waals surface area (Å²) >= 11 is 5.89. The SMILES string of the molecule is C#CC(CCC)NCc1cccc(Cl)c1. The molecular formula is C13H16ClN. The van der Waals surface area contributed by atoms with E-state index >= 15 is 0 Å². The fourth-order valence-corrected chi connectivity index (χ4v) is 1.63. The van der Waals surface area contributed by atoms with E-state index in [1.165, 1.54) is 5.56 Å². The van der Waals surface area contributed by atoms with Crippen LogP contribution in [0.5, 0.6) is 0 Å². The number of hydrogen-bond acceptors (Lipinski definition) is 1. The third-order valence-corrected chi connectivity index (χ3v) is 2.46. The van der Waals surface area contributed by atoms with E-state index in [-0.39, 0.29) is 6.04 Å². The molecule has 0 radical (unpaired) electrons. The Morgan fingerprint density at radius 2 is 2.33 bits per heavy atom. The highest BCUT2D eigenvalue weighted by atomic mass is 35.5. The summed E-state index contributed by atoms with van der Waals surface area (Å²) in [5, 5.41) is 4.08. The average Bonchev–Trinajstić information content (AvgIpc) is 2.24. The first-order valence-electron chi connectivity index (χ1n) is 5.20. The molecule has 80 valence electrons. The van der Waals surface area contributed by atoms with Crippen molar-refractivity contribution in [3.63, 3.8) is 0 Å². The largest absolute Gasteiger partial charge is 0.300 e. The Morgan fingerprint density at radius 3 is 2.93 bits per heavy atom. The number of benzene rings is 1. The maximum Gasteiger partial charge on any atom is 0.0689 e. The number of hydrogen-bond donors (Lipinski definition) is 1. The molecule has 1 atom stereocenters. The maximum absolute atomic E-state index is 5.89. The standard InChI is InChI=1S/C13H16ClN/c1-3-6-13(4-2)15-10-11-7-5-8-12(14)9-11/h2,5,7-9,13,15H,3,6,10H2,1H3. The second-order valence-corrected chi connectivity index (χ2v) is 3.96. The van der Waals surface area contributed by atoms with Crippen molar-refractivity contribution >= 4 is 11.6 Å². The van der Waals surface area contributed by atoms with Crippen molar-refractivity contribution < 1.29 is 0 Å². The van der Waals surface area contributed by atoms with Gasteiger partial charge in [0.2, 0.25) is 0 Å². The second kappa shape index (κ2) is 6.50. The summed E-state index contributed by atoms with van der Waals surface area (Å²) < 4.78 is 0. The Kier molecular flexibility index (Phi) is 5.25.